The van der Waals surface area contributed by atoms with E-state index < -0.39 is 17.7 Å². The van der Waals surface area contributed by atoms with Crippen LogP contribution in [0.3, 0.4) is 0 Å². The zero-order valence-corrected chi connectivity index (χ0v) is 15.6. The molecule has 2 heterocycles. The SMILES string of the molecule is CC(C)[C@H](NC(=O)CN1C(=O)c2ccccc2C1=O)c1nc2ccccc2[nH]1. The Morgan fingerprint density at radius 2 is 1.64 bits per heavy atom. The maximum atomic E-state index is 12.6. The van der Waals surface area contributed by atoms with E-state index in [0.717, 1.165) is 15.9 Å². The fourth-order valence-corrected chi connectivity index (χ4v) is 3.42. The molecule has 0 aliphatic carbocycles. The van der Waals surface area contributed by atoms with Gasteiger partial charge in [-0.15, -0.1) is 0 Å². The summed E-state index contributed by atoms with van der Waals surface area (Å²) in [4.78, 5) is 46.3. The number of amides is 3. The number of imide groups is 1. The van der Waals surface area contributed by atoms with Crippen molar-refractivity contribution in [3.05, 3.63) is 65.5 Å². The van der Waals surface area contributed by atoms with Crippen molar-refractivity contribution in [2.45, 2.75) is 19.9 Å². The minimum absolute atomic E-state index is 0.0618. The van der Waals surface area contributed by atoms with Crippen LogP contribution < -0.4 is 5.32 Å². The number of H-pyrrole nitrogens is 1. The van der Waals surface area contributed by atoms with E-state index in [2.05, 4.69) is 15.3 Å². The summed E-state index contributed by atoms with van der Waals surface area (Å²) in [5, 5.41) is 2.91. The molecule has 3 aromatic rings. The van der Waals surface area contributed by atoms with Crippen molar-refractivity contribution in [2.75, 3.05) is 6.54 Å². The number of benzene rings is 2. The summed E-state index contributed by atoms with van der Waals surface area (Å²) in [5.41, 5.74) is 2.37. The van der Waals surface area contributed by atoms with Crippen molar-refractivity contribution in [1.82, 2.24) is 20.2 Å². The summed E-state index contributed by atoms with van der Waals surface area (Å²) >= 11 is 0. The molecular weight excluding hydrogens is 356 g/mol. The van der Waals surface area contributed by atoms with Crippen LogP contribution in [0.2, 0.25) is 0 Å². The Morgan fingerprint density at radius 1 is 1.04 bits per heavy atom. The topological polar surface area (TPSA) is 95.2 Å². The summed E-state index contributed by atoms with van der Waals surface area (Å²) in [6.07, 6.45) is 0. The minimum atomic E-state index is -0.444. The van der Waals surface area contributed by atoms with E-state index in [4.69, 9.17) is 0 Å². The molecule has 7 heteroatoms. The molecule has 0 fully saturated rings. The first-order valence-corrected chi connectivity index (χ1v) is 9.15. The Balaban J connectivity index is 1.52. The molecule has 1 aromatic heterocycles. The molecule has 1 aliphatic rings. The Morgan fingerprint density at radius 3 is 2.25 bits per heavy atom. The fraction of sp³-hybridized carbons (Fsp3) is 0.238. The summed E-state index contributed by atoms with van der Waals surface area (Å²) < 4.78 is 0. The van der Waals surface area contributed by atoms with Gasteiger partial charge in [0, 0.05) is 0 Å². The van der Waals surface area contributed by atoms with Gasteiger partial charge in [0.25, 0.3) is 11.8 Å². The summed E-state index contributed by atoms with van der Waals surface area (Å²) in [7, 11) is 0. The number of aromatic nitrogens is 2. The van der Waals surface area contributed by atoms with Crippen LogP contribution in [0.5, 0.6) is 0 Å². The van der Waals surface area contributed by atoms with Crippen LogP contribution in [0.15, 0.2) is 48.5 Å². The number of aromatic amines is 1. The van der Waals surface area contributed by atoms with Crippen LogP contribution in [-0.4, -0.2) is 39.1 Å². The van der Waals surface area contributed by atoms with Gasteiger partial charge in [0.1, 0.15) is 12.4 Å². The van der Waals surface area contributed by atoms with Crippen molar-refractivity contribution in [3.8, 4) is 0 Å². The van der Waals surface area contributed by atoms with Crippen molar-refractivity contribution in [3.63, 3.8) is 0 Å². The lowest BCUT2D eigenvalue weighted by Crippen LogP contribution is -2.42. The van der Waals surface area contributed by atoms with Gasteiger partial charge in [-0.1, -0.05) is 38.1 Å². The third kappa shape index (κ3) is 3.05. The minimum Gasteiger partial charge on any atom is -0.344 e. The lowest BCUT2D eigenvalue weighted by atomic mass is 10.0. The number of imidazole rings is 1. The standard InChI is InChI=1S/C21H20N4O3/c1-12(2)18(19-22-15-9-5-6-10-16(15)23-19)24-17(26)11-25-20(27)13-7-3-4-8-14(13)21(25)28/h3-10,12,18H,11H2,1-2H3,(H,22,23)(H,24,26)/t18-/m0/s1. The highest BCUT2D eigenvalue weighted by Crippen LogP contribution is 2.24. The highest BCUT2D eigenvalue weighted by Gasteiger charge is 2.36. The number of para-hydroxylation sites is 2. The van der Waals surface area contributed by atoms with Gasteiger partial charge in [-0.05, 0) is 30.2 Å². The van der Waals surface area contributed by atoms with Gasteiger partial charge in [0.15, 0.2) is 0 Å². The Labute approximate surface area is 161 Å². The van der Waals surface area contributed by atoms with E-state index in [1.54, 1.807) is 24.3 Å². The maximum Gasteiger partial charge on any atom is 0.262 e. The second-order valence-corrected chi connectivity index (χ2v) is 7.17. The number of fused-ring (bicyclic) bond motifs is 2. The predicted molar refractivity (Wildman–Crippen MR) is 104 cm³/mol. The first-order valence-electron chi connectivity index (χ1n) is 9.15. The van der Waals surface area contributed by atoms with Gasteiger partial charge < -0.3 is 10.3 Å². The van der Waals surface area contributed by atoms with Crippen LogP contribution >= 0.6 is 0 Å². The average molecular weight is 376 g/mol. The second kappa shape index (κ2) is 6.92. The third-order valence-corrected chi connectivity index (χ3v) is 4.87. The quantitative estimate of drug-likeness (QED) is 0.669. The smallest absolute Gasteiger partial charge is 0.262 e. The van der Waals surface area contributed by atoms with E-state index in [0.29, 0.717) is 17.0 Å². The van der Waals surface area contributed by atoms with Crippen molar-refractivity contribution >= 4 is 28.8 Å². The molecule has 1 aliphatic heterocycles. The number of rotatable bonds is 5. The van der Waals surface area contributed by atoms with Gasteiger partial charge in [0.05, 0.1) is 28.2 Å². The van der Waals surface area contributed by atoms with E-state index in [1.165, 1.54) is 0 Å². The highest BCUT2D eigenvalue weighted by atomic mass is 16.2. The molecule has 7 nitrogen and oxygen atoms in total. The van der Waals surface area contributed by atoms with Gasteiger partial charge in [0.2, 0.25) is 5.91 Å². The molecule has 0 radical (unpaired) electrons. The van der Waals surface area contributed by atoms with Crippen LogP contribution in [0.4, 0.5) is 0 Å². The van der Waals surface area contributed by atoms with Gasteiger partial charge in [-0.3, -0.25) is 19.3 Å². The lowest BCUT2D eigenvalue weighted by Gasteiger charge is -2.22. The first-order chi connectivity index (χ1) is 13.5. The number of hydrogen-bond acceptors (Lipinski definition) is 4. The molecule has 3 amide bonds. The van der Waals surface area contributed by atoms with Gasteiger partial charge in [-0.25, -0.2) is 4.98 Å². The largest absolute Gasteiger partial charge is 0.344 e. The number of carbonyl (C=O) groups is 3. The molecule has 28 heavy (non-hydrogen) atoms. The molecule has 1 atom stereocenters. The predicted octanol–water partition coefficient (Wildman–Crippen LogP) is 2.67. The normalized spacial score (nSPS) is 14.6. The molecule has 0 unspecified atom stereocenters. The van der Waals surface area contributed by atoms with Crippen LogP contribution in [0.1, 0.15) is 46.4 Å². The van der Waals surface area contributed by atoms with E-state index in [9.17, 15) is 14.4 Å². The maximum absolute atomic E-state index is 12.6. The van der Waals surface area contributed by atoms with Crippen LogP contribution in [-0.2, 0) is 4.79 Å². The zero-order chi connectivity index (χ0) is 19.8. The number of carbonyl (C=O) groups excluding carboxylic acids is 3. The van der Waals surface area contributed by atoms with E-state index in [-0.39, 0.29) is 18.5 Å². The molecule has 0 bridgehead atoms. The van der Waals surface area contributed by atoms with Crippen molar-refractivity contribution in [2.24, 2.45) is 5.92 Å². The van der Waals surface area contributed by atoms with E-state index >= 15 is 0 Å². The Hall–Kier alpha value is -3.48. The van der Waals surface area contributed by atoms with E-state index in [1.807, 2.05) is 38.1 Å². The Kier molecular flexibility index (Phi) is 4.43. The summed E-state index contributed by atoms with van der Waals surface area (Å²) in [6, 6.07) is 13.9. The monoisotopic (exact) mass is 376 g/mol. The molecule has 4 rings (SSSR count). The molecule has 0 saturated carbocycles. The van der Waals surface area contributed by atoms with Crippen molar-refractivity contribution < 1.29 is 14.4 Å². The molecule has 2 aromatic carbocycles. The average Bonchev–Trinajstić information content (AvgIpc) is 3.21. The summed E-state index contributed by atoms with van der Waals surface area (Å²) in [5.74, 6) is -0.589. The molecule has 142 valence electrons. The highest BCUT2D eigenvalue weighted by molar-refractivity contribution is 6.22. The van der Waals surface area contributed by atoms with Crippen LogP contribution in [0.25, 0.3) is 11.0 Å². The third-order valence-electron chi connectivity index (χ3n) is 4.87. The Bertz CT molecular complexity index is 1020. The fourth-order valence-electron chi connectivity index (χ4n) is 3.42. The number of hydrogen-bond donors (Lipinski definition) is 2. The summed E-state index contributed by atoms with van der Waals surface area (Å²) in [6.45, 7) is 3.62. The van der Waals surface area contributed by atoms with Crippen LogP contribution in [0, 0.1) is 5.92 Å². The molecule has 0 saturated heterocycles. The molecular formula is C21H20N4O3. The number of nitrogens with zero attached hydrogens (tertiary/aromatic N) is 2. The van der Waals surface area contributed by atoms with Gasteiger partial charge in [-0.2, -0.15) is 0 Å². The van der Waals surface area contributed by atoms with Gasteiger partial charge >= 0.3 is 0 Å². The molecule has 2 N–H and O–H groups in total. The lowest BCUT2D eigenvalue weighted by molar-refractivity contribution is -0.122. The van der Waals surface area contributed by atoms with Crippen molar-refractivity contribution in [1.29, 1.82) is 0 Å². The zero-order valence-electron chi connectivity index (χ0n) is 15.6. The number of nitrogens with one attached hydrogen (secondary N) is 2. The first kappa shape index (κ1) is 17.9. The second-order valence-electron chi connectivity index (χ2n) is 7.17. The molecule has 0 spiro atoms.